The highest BCUT2D eigenvalue weighted by molar-refractivity contribution is 6.06. The van der Waals surface area contributed by atoms with E-state index in [1.165, 1.54) is 12.1 Å². The van der Waals surface area contributed by atoms with Crippen LogP contribution in [0.2, 0.25) is 0 Å². The minimum Gasteiger partial charge on any atom is -0.378 e. The van der Waals surface area contributed by atoms with Gasteiger partial charge in [0.05, 0.1) is 23.0 Å². The van der Waals surface area contributed by atoms with E-state index >= 15 is 0 Å². The molecule has 1 N–H and O–H groups in total. The molecule has 6 heteroatoms. The number of amides is 1. The number of halogens is 1. The number of anilines is 1. The summed E-state index contributed by atoms with van der Waals surface area (Å²) in [5.41, 5.74) is 4.19. The molecule has 5 nitrogen and oxygen atoms in total. The standard InChI is InChI=1S/C23H21FN4O/c1-27(2)19-6-3-5-16(13-19)14-25-23(29)20-7-4-8-22-21(20)15-26-28(22)18-11-9-17(24)10-12-18/h3-13,15H,14H2,1-2H3,(H,25,29). The topological polar surface area (TPSA) is 50.2 Å². The predicted octanol–water partition coefficient (Wildman–Crippen LogP) is 4.16. The monoisotopic (exact) mass is 388 g/mol. The van der Waals surface area contributed by atoms with Crippen LogP contribution in [0.5, 0.6) is 0 Å². The van der Waals surface area contributed by atoms with Crippen molar-refractivity contribution < 1.29 is 9.18 Å². The van der Waals surface area contributed by atoms with Crippen LogP contribution in [0.25, 0.3) is 16.6 Å². The minimum atomic E-state index is -0.302. The van der Waals surface area contributed by atoms with Crippen LogP contribution in [0, 0.1) is 5.82 Å². The van der Waals surface area contributed by atoms with Gasteiger partial charge in [-0.1, -0.05) is 18.2 Å². The summed E-state index contributed by atoms with van der Waals surface area (Å²) < 4.78 is 14.9. The van der Waals surface area contributed by atoms with Gasteiger partial charge in [0.15, 0.2) is 0 Å². The minimum absolute atomic E-state index is 0.162. The molecule has 3 aromatic carbocycles. The zero-order chi connectivity index (χ0) is 20.4. The number of carbonyl (C=O) groups excluding carboxylic acids is 1. The normalized spacial score (nSPS) is 10.9. The van der Waals surface area contributed by atoms with Gasteiger partial charge in [0.2, 0.25) is 0 Å². The Morgan fingerprint density at radius 3 is 2.59 bits per heavy atom. The van der Waals surface area contributed by atoms with Crippen molar-refractivity contribution in [1.82, 2.24) is 15.1 Å². The van der Waals surface area contributed by atoms with Gasteiger partial charge in [-0.05, 0) is 54.1 Å². The molecule has 0 saturated heterocycles. The largest absolute Gasteiger partial charge is 0.378 e. The molecule has 0 unspecified atom stereocenters. The van der Waals surface area contributed by atoms with Crippen molar-refractivity contribution in [2.45, 2.75) is 6.54 Å². The first-order valence-electron chi connectivity index (χ1n) is 9.30. The second kappa shape index (κ2) is 7.75. The lowest BCUT2D eigenvalue weighted by Crippen LogP contribution is -2.23. The van der Waals surface area contributed by atoms with Crippen LogP contribution < -0.4 is 10.2 Å². The third kappa shape index (κ3) is 3.82. The second-order valence-corrected chi connectivity index (χ2v) is 7.02. The molecule has 0 radical (unpaired) electrons. The van der Waals surface area contributed by atoms with Crippen LogP contribution in [-0.4, -0.2) is 29.8 Å². The Morgan fingerprint density at radius 1 is 1.07 bits per heavy atom. The van der Waals surface area contributed by atoms with E-state index in [1.54, 1.807) is 29.1 Å². The summed E-state index contributed by atoms with van der Waals surface area (Å²) in [6.07, 6.45) is 1.67. The maximum Gasteiger partial charge on any atom is 0.252 e. The van der Waals surface area contributed by atoms with Gasteiger partial charge in [-0.2, -0.15) is 5.10 Å². The number of hydrogen-bond donors (Lipinski definition) is 1. The fourth-order valence-electron chi connectivity index (χ4n) is 3.26. The third-order valence-electron chi connectivity index (χ3n) is 4.81. The van der Waals surface area contributed by atoms with Crippen molar-refractivity contribution in [2.24, 2.45) is 0 Å². The fourth-order valence-corrected chi connectivity index (χ4v) is 3.26. The molecular weight excluding hydrogens is 367 g/mol. The first-order valence-corrected chi connectivity index (χ1v) is 9.30. The number of aromatic nitrogens is 2. The number of rotatable bonds is 5. The van der Waals surface area contributed by atoms with Gasteiger partial charge < -0.3 is 10.2 Å². The molecule has 29 heavy (non-hydrogen) atoms. The summed E-state index contributed by atoms with van der Waals surface area (Å²) in [4.78, 5) is 14.9. The summed E-state index contributed by atoms with van der Waals surface area (Å²) in [6.45, 7) is 0.434. The average molecular weight is 388 g/mol. The van der Waals surface area contributed by atoms with Crippen LogP contribution in [0.4, 0.5) is 10.1 Å². The lowest BCUT2D eigenvalue weighted by Gasteiger charge is -2.14. The number of carbonyl (C=O) groups is 1. The molecule has 0 fully saturated rings. The van der Waals surface area contributed by atoms with Crippen molar-refractivity contribution in [3.8, 4) is 5.69 Å². The second-order valence-electron chi connectivity index (χ2n) is 7.02. The molecule has 4 aromatic rings. The molecule has 0 aliphatic carbocycles. The predicted molar refractivity (Wildman–Crippen MR) is 113 cm³/mol. The summed E-state index contributed by atoms with van der Waals surface area (Å²) in [5, 5.41) is 8.13. The van der Waals surface area contributed by atoms with E-state index < -0.39 is 0 Å². The molecular formula is C23H21FN4O. The number of fused-ring (bicyclic) bond motifs is 1. The van der Waals surface area contributed by atoms with Gasteiger partial charge in [0.1, 0.15) is 5.82 Å². The molecule has 4 rings (SSSR count). The van der Waals surface area contributed by atoms with Crippen LogP contribution in [0.15, 0.2) is 72.9 Å². The molecule has 1 aromatic heterocycles. The van der Waals surface area contributed by atoms with E-state index in [2.05, 4.69) is 10.4 Å². The Balaban J connectivity index is 1.58. The van der Waals surface area contributed by atoms with Crippen LogP contribution >= 0.6 is 0 Å². The van der Waals surface area contributed by atoms with Gasteiger partial charge in [0, 0.05) is 31.7 Å². The van der Waals surface area contributed by atoms with Gasteiger partial charge in [-0.3, -0.25) is 4.79 Å². The summed E-state index contributed by atoms with van der Waals surface area (Å²) >= 11 is 0. The van der Waals surface area contributed by atoms with E-state index in [4.69, 9.17) is 0 Å². The Hall–Kier alpha value is -3.67. The number of nitrogens with one attached hydrogen (secondary N) is 1. The molecule has 146 valence electrons. The Kier molecular flexibility index (Phi) is 4.99. The molecule has 0 spiro atoms. The Bertz CT molecular complexity index is 1170. The van der Waals surface area contributed by atoms with E-state index in [0.29, 0.717) is 12.1 Å². The van der Waals surface area contributed by atoms with Gasteiger partial charge in [0.25, 0.3) is 5.91 Å². The van der Waals surface area contributed by atoms with Crippen LogP contribution in [0.1, 0.15) is 15.9 Å². The first-order chi connectivity index (χ1) is 14.0. The van der Waals surface area contributed by atoms with Crippen molar-refractivity contribution in [3.05, 3.63) is 89.9 Å². The highest BCUT2D eigenvalue weighted by atomic mass is 19.1. The van der Waals surface area contributed by atoms with E-state index in [1.807, 2.05) is 55.4 Å². The molecule has 0 saturated carbocycles. The van der Waals surface area contributed by atoms with E-state index in [9.17, 15) is 9.18 Å². The summed E-state index contributed by atoms with van der Waals surface area (Å²) in [6, 6.07) is 19.6. The molecule has 0 aliphatic heterocycles. The van der Waals surface area contributed by atoms with Crippen LogP contribution in [0.3, 0.4) is 0 Å². The lowest BCUT2D eigenvalue weighted by atomic mass is 10.1. The van der Waals surface area contributed by atoms with E-state index in [0.717, 1.165) is 27.8 Å². The third-order valence-corrected chi connectivity index (χ3v) is 4.81. The van der Waals surface area contributed by atoms with Gasteiger partial charge in [-0.25, -0.2) is 9.07 Å². The number of hydrogen-bond acceptors (Lipinski definition) is 3. The van der Waals surface area contributed by atoms with Crippen LogP contribution in [-0.2, 0) is 6.54 Å². The van der Waals surface area contributed by atoms with Crippen molar-refractivity contribution in [3.63, 3.8) is 0 Å². The highest BCUT2D eigenvalue weighted by Crippen LogP contribution is 2.22. The number of benzene rings is 3. The van der Waals surface area contributed by atoms with Gasteiger partial charge >= 0.3 is 0 Å². The molecule has 0 bridgehead atoms. The fraction of sp³-hybridized carbons (Fsp3) is 0.130. The van der Waals surface area contributed by atoms with Crippen molar-refractivity contribution in [1.29, 1.82) is 0 Å². The first kappa shape index (κ1) is 18.7. The Labute approximate surface area is 168 Å². The quantitative estimate of drug-likeness (QED) is 0.559. The molecule has 1 amide bonds. The molecule has 0 aliphatic rings. The maximum atomic E-state index is 13.2. The maximum absolute atomic E-state index is 13.2. The smallest absolute Gasteiger partial charge is 0.252 e. The number of nitrogens with zero attached hydrogens (tertiary/aromatic N) is 3. The summed E-state index contributed by atoms with van der Waals surface area (Å²) in [7, 11) is 3.97. The van der Waals surface area contributed by atoms with Gasteiger partial charge in [-0.15, -0.1) is 0 Å². The average Bonchev–Trinajstić information content (AvgIpc) is 3.17. The zero-order valence-corrected chi connectivity index (χ0v) is 16.3. The van der Waals surface area contributed by atoms with Crippen molar-refractivity contribution >= 4 is 22.5 Å². The SMILES string of the molecule is CN(C)c1cccc(CNC(=O)c2cccc3c2cnn3-c2ccc(F)cc2)c1. The lowest BCUT2D eigenvalue weighted by molar-refractivity contribution is 0.0952. The Morgan fingerprint density at radius 2 is 1.83 bits per heavy atom. The zero-order valence-electron chi connectivity index (χ0n) is 16.3. The highest BCUT2D eigenvalue weighted by Gasteiger charge is 2.14. The summed E-state index contributed by atoms with van der Waals surface area (Å²) in [5.74, 6) is -0.465. The van der Waals surface area contributed by atoms with Crippen molar-refractivity contribution in [2.75, 3.05) is 19.0 Å². The molecule has 0 atom stereocenters. The van der Waals surface area contributed by atoms with E-state index in [-0.39, 0.29) is 11.7 Å². The molecule has 1 heterocycles.